The van der Waals surface area contributed by atoms with Crippen LogP contribution in [0.15, 0.2) is 18.3 Å². The lowest BCUT2D eigenvalue weighted by atomic mass is 10.2. The van der Waals surface area contributed by atoms with Crippen LogP contribution in [0, 0.1) is 11.3 Å². The summed E-state index contributed by atoms with van der Waals surface area (Å²) in [6, 6.07) is 5.85. The maximum absolute atomic E-state index is 8.74. The van der Waals surface area contributed by atoms with E-state index in [1.807, 2.05) is 12.1 Å². The molecule has 2 N–H and O–H groups in total. The van der Waals surface area contributed by atoms with Gasteiger partial charge in [0.2, 0.25) is 0 Å². The first-order valence-corrected chi connectivity index (χ1v) is 5.19. The van der Waals surface area contributed by atoms with E-state index >= 15 is 0 Å². The Bertz CT molecular complexity index is 401. The van der Waals surface area contributed by atoms with Gasteiger partial charge in [0, 0.05) is 32.1 Å². The molecule has 1 aromatic rings. The van der Waals surface area contributed by atoms with Crippen molar-refractivity contribution in [2.75, 3.05) is 25.5 Å². The number of ether oxygens (including phenoxy) is 1. The van der Waals surface area contributed by atoms with E-state index in [1.165, 1.54) is 0 Å². The summed E-state index contributed by atoms with van der Waals surface area (Å²) in [6.45, 7) is 1.72. The lowest BCUT2D eigenvalue weighted by molar-refractivity contribution is 0.111. The number of nitrogens with zero attached hydrogens (tertiary/aromatic N) is 2. The molecule has 0 radical (unpaired) electrons. The molecule has 1 aliphatic heterocycles. The number of nitrogens with one attached hydrogen (secondary N) is 2. The summed E-state index contributed by atoms with van der Waals surface area (Å²) < 4.78 is 5.35. The van der Waals surface area contributed by atoms with Gasteiger partial charge in [0.25, 0.3) is 0 Å². The van der Waals surface area contributed by atoms with Gasteiger partial charge in [-0.25, -0.2) is 4.98 Å². The minimum absolute atomic E-state index is 0.165. The second-order valence-electron chi connectivity index (χ2n) is 3.72. The monoisotopic (exact) mass is 218 g/mol. The molecule has 2 atom stereocenters. The van der Waals surface area contributed by atoms with E-state index in [-0.39, 0.29) is 12.1 Å². The van der Waals surface area contributed by atoms with Crippen LogP contribution in [-0.4, -0.2) is 37.3 Å². The molecular formula is C11H14N4O. The molecule has 0 amide bonds. The van der Waals surface area contributed by atoms with Crippen LogP contribution in [0.5, 0.6) is 0 Å². The predicted octanol–water partition coefficient (Wildman–Crippen LogP) is 0.352. The van der Waals surface area contributed by atoms with E-state index < -0.39 is 0 Å². The Labute approximate surface area is 94.4 Å². The number of hydrogen-bond acceptors (Lipinski definition) is 5. The topological polar surface area (TPSA) is 70.0 Å². The number of methoxy groups -OCH3 is 1. The van der Waals surface area contributed by atoms with Gasteiger partial charge < -0.3 is 15.4 Å². The Morgan fingerprint density at radius 3 is 3.25 bits per heavy atom. The summed E-state index contributed by atoms with van der Waals surface area (Å²) in [6.07, 6.45) is 1.80. The number of hydrogen-bond donors (Lipinski definition) is 2. The van der Waals surface area contributed by atoms with Crippen molar-refractivity contribution in [3.63, 3.8) is 0 Å². The number of rotatable bonds is 3. The van der Waals surface area contributed by atoms with Gasteiger partial charge in [0.15, 0.2) is 0 Å². The summed E-state index contributed by atoms with van der Waals surface area (Å²) in [5, 5.41) is 15.3. The minimum atomic E-state index is 0.165. The van der Waals surface area contributed by atoms with Gasteiger partial charge in [-0.3, -0.25) is 0 Å². The molecule has 2 rings (SSSR count). The van der Waals surface area contributed by atoms with Crippen molar-refractivity contribution in [1.29, 1.82) is 5.26 Å². The second kappa shape index (κ2) is 4.92. The summed E-state index contributed by atoms with van der Waals surface area (Å²) >= 11 is 0. The summed E-state index contributed by atoms with van der Waals surface area (Å²) in [7, 11) is 1.71. The summed E-state index contributed by atoms with van der Waals surface area (Å²) in [5.41, 5.74) is 1.33. The average Bonchev–Trinajstić information content (AvgIpc) is 2.76. The first-order chi connectivity index (χ1) is 7.83. The van der Waals surface area contributed by atoms with Crippen molar-refractivity contribution < 1.29 is 4.74 Å². The molecule has 84 valence electrons. The van der Waals surface area contributed by atoms with Gasteiger partial charge >= 0.3 is 0 Å². The van der Waals surface area contributed by atoms with Crippen molar-refractivity contribution in [1.82, 2.24) is 10.3 Å². The average molecular weight is 218 g/mol. The molecule has 2 heterocycles. The first-order valence-electron chi connectivity index (χ1n) is 5.19. The standard InChI is InChI=1S/C11H14N4O/c1-16-11-7-13-6-10(11)15-8-2-3-14-9(4-8)5-12/h2-4,10-11,13H,6-7H2,1H3,(H,14,15). The maximum atomic E-state index is 8.74. The molecule has 0 aliphatic carbocycles. The molecule has 2 unspecified atom stereocenters. The molecule has 0 spiro atoms. The van der Waals surface area contributed by atoms with E-state index in [4.69, 9.17) is 10.00 Å². The van der Waals surface area contributed by atoms with E-state index in [0.717, 1.165) is 18.8 Å². The highest BCUT2D eigenvalue weighted by Crippen LogP contribution is 2.13. The number of anilines is 1. The van der Waals surface area contributed by atoms with Crippen molar-refractivity contribution >= 4 is 5.69 Å². The van der Waals surface area contributed by atoms with Crippen LogP contribution in [0.4, 0.5) is 5.69 Å². The number of aromatic nitrogens is 1. The molecule has 5 heteroatoms. The van der Waals surface area contributed by atoms with Crippen molar-refractivity contribution in [3.05, 3.63) is 24.0 Å². The second-order valence-corrected chi connectivity index (χ2v) is 3.72. The molecule has 1 aromatic heterocycles. The zero-order valence-electron chi connectivity index (χ0n) is 9.10. The predicted molar refractivity (Wildman–Crippen MR) is 60.0 cm³/mol. The minimum Gasteiger partial charge on any atom is -0.378 e. The molecule has 0 bridgehead atoms. The third-order valence-electron chi connectivity index (χ3n) is 2.69. The highest BCUT2D eigenvalue weighted by Gasteiger charge is 2.26. The van der Waals surface area contributed by atoms with Crippen molar-refractivity contribution in [3.8, 4) is 6.07 Å². The van der Waals surface area contributed by atoms with E-state index in [9.17, 15) is 0 Å². The van der Waals surface area contributed by atoms with Gasteiger partial charge in [-0.1, -0.05) is 0 Å². The van der Waals surface area contributed by atoms with Crippen LogP contribution in [0.25, 0.3) is 0 Å². The molecule has 16 heavy (non-hydrogen) atoms. The fraction of sp³-hybridized carbons (Fsp3) is 0.455. The lowest BCUT2D eigenvalue weighted by Crippen LogP contribution is -2.33. The Hall–Kier alpha value is -1.64. The molecule has 0 saturated carbocycles. The fourth-order valence-corrected chi connectivity index (χ4v) is 1.84. The highest BCUT2D eigenvalue weighted by molar-refractivity contribution is 5.47. The molecule has 1 saturated heterocycles. The molecule has 1 aliphatic rings. The fourth-order valence-electron chi connectivity index (χ4n) is 1.84. The van der Waals surface area contributed by atoms with Crippen molar-refractivity contribution in [2.24, 2.45) is 0 Å². The van der Waals surface area contributed by atoms with Crippen LogP contribution < -0.4 is 10.6 Å². The Balaban J connectivity index is 2.06. The Morgan fingerprint density at radius 2 is 2.50 bits per heavy atom. The SMILES string of the molecule is COC1CNCC1Nc1ccnc(C#N)c1. The third-order valence-corrected chi connectivity index (χ3v) is 2.69. The third kappa shape index (κ3) is 2.30. The van der Waals surface area contributed by atoms with E-state index in [2.05, 4.69) is 15.6 Å². The van der Waals surface area contributed by atoms with E-state index in [1.54, 1.807) is 19.4 Å². The van der Waals surface area contributed by atoms with Gasteiger partial charge in [-0.05, 0) is 12.1 Å². The van der Waals surface area contributed by atoms with Crippen LogP contribution >= 0.6 is 0 Å². The number of nitriles is 1. The van der Waals surface area contributed by atoms with Gasteiger partial charge in [-0.15, -0.1) is 0 Å². The summed E-state index contributed by atoms with van der Waals surface area (Å²) in [5.74, 6) is 0. The highest BCUT2D eigenvalue weighted by atomic mass is 16.5. The van der Waals surface area contributed by atoms with Crippen LogP contribution in [0.2, 0.25) is 0 Å². The molecular weight excluding hydrogens is 204 g/mol. The Morgan fingerprint density at radius 1 is 1.62 bits per heavy atom. The quantitative estimate of drug-likeness (QED) is 0.766. The largest absolute Gasteiger partial charge is 0.378 e. The zero-order valence-corrected chi connectivity index (χ0v) is 9.10. The van der Waals surface area contributed by atoms with Gasteiger partial charge in [0.1, 0.15) is 11.8 Å². The van der Waals surface area contributed by atoms with Crippen LogP contribution in [0.3, 0.4) is 0 Å². The Kier molecular flexibility index (Phi) is 3.34. The normalized spacial score (nSPS) is 24.0. The smallest absolute Gasteiger partial charge is 0.142 e. The van der Waals surface area contributed by atoms with Gasteiger partial charge in [0.05, 0.1) is 12.1 Å². The molecule has 1 fully saturated rings. The molecule has 5 nitrogen and oxygen atoms in total. The number of pyridine rings is 1. The van der Waals surface area contributed by atoms with Crippen LogP contribution in [0.1, 0.15) is 5.69 Å². The van der Waals surface area contributed by atoms with E-state index in [0.29, 0.717) is 5.69 Å². The van der Waals surface area contributed by atoms with Crippen LogP contribution in [-0.2, 0) is 4.74 Å². The maximum Gasteiger partial charge on any atom is 0.142 e. The van der Waals surface area contributed by atoms with Crippen molar-refractivity contribution in [2.45, 2.75) is 12.1 Å². The van der Waals surface area contributed by atoms with Gasteiger partial charge in [-0.2, -0.15) is 5.26 Å². The summed E-state index contributed by atoms with van der Waals surface area (Å²) in [4.78, 5) is 3.92. The lowest BCUT2D eigenvalue weighted by Gasteiger charge is -2.19. The molecule has 0 aromatic carbocycles. The zero-order chi connectivity index (χ0) is 11.4. The first kappa shape index (κ1) is 10.9.